The van der Waals surface area contributed by atoms with Crippen molar-refractivity contribution in [2.75, 3.05) is 19.6 Å². The zero-order valence-corrected chi connectivity index (χ0v) is 19.3. The molecule has 0 spiro atoms. The Hall–Kier alpha value is -2.19. The smallest absolute Gasteiger partial charge is 0.309 e. The molecule has 2 amide bonds. The Bertz CT molecular complexity index is 956. The molecule has 1 fully saturated rings. The van der Waals surface area contributed by atoms with Gasteiger partial charge in [-0.15, -0.1) is 0 Å². The molecule has 8 heteroatoms. The van der Waals surface area contributed by atoms with Crippen LogP contribution in [0.3, 0.4) is 0 Å². The number of hydrogen-bond donors (Lipinski definition) is 2. The van der Waals surface area contributed by atoms with Gasteiger partial charge in [-0.2, -0.15) is 4.31 Å². The van der Waals surface area contributed by atoms with Gasteiger partial charge in [0.05, 0.1) is 4.90 Å². The van der Waals surface area contributed by atoms with Crippen LogP contribution in [0.4, 0.5) is 0 Å². The standard InChI is InChI=1S/C23H33N3O4S/c1-17-10-11-18(2)21(15-17)31(29,30)26-14-6-9-20(26)16-25-23(28)22(27)24-13-12-19-7-4-3-5-8-19/h7,10-11,15,20H,3-6,8-9,12-14,16H2,1-2H3,(H,24,27)(H,25,28)/t20-/m1/s1. The van der Waals surface area contributed by atoms with Gasteiger partial charge >= 0.3 is 11.8 Å². The number of nitrogens with zero attached hydrogens (tertiary/aromatic N) is 1. The summed E-state index contributed by atoms with van der Waals surface area (Å²) in [5, 5.41) is 5.28. The second-order valence-corrected chi connectivity index (χ2v) is 10.4. The van der Waals surface area contributed by atoms with E-state index in [1.165, 1.54) is 22.7 Å². The van der Waals surface area contributed by atoms with E-state index < -0.39 is 21.8 Å². The van der Waals surface area contributed by atoms with Gasteiger partial charge in [-0.25, -0.2) is 8.42 Å². The molecule has 0 aromatic heterocycles. The lowest BCUT2D eigenvalue weighted by Gasteiger charge is -2.25. The van der Waals surface area contributed by atoms with E-state index in [1.807, 2.05) is 19.1 Å². The Labute approximate surface area is 185 Å². The van der Waals surface area contributed by atoms with Gasteiger partial charge in [0.1, 0.15) is 0 Å². The van der Waals surface area contributed by atoms with Gasteiger partial charge in [-0.05, 0) is 76.0 Å². The zero-order chi connectivity index (χ0) is 22.4. The molecule has 1 aromatic carbocycles. The molecule has 31 heavy (non-hydrogen) atoms. The van der Waals surface area contributed by atoms with Gasteiger partial charge in [-0.3, -0.25) is 9.59 Å². The van der Waals surface area contributed by atoms with Gasteiger partial charge in [0.15, 0.2) is 0 Å². The van der Waals surface area contributed by atoms with Crippen molar-refractivity contribution >= 4 is 21.8 Å². The van der Waals surface area contributed by atoms with Crippen LogP contribution in [0, 0.1) is 13.8 Å². The van der Waals surface area contributed by atoms with Crippen LogP contribution in [-0.4, -0.2) is 50.2 Å². The maximum absolute atomic E-state index is 13.2. The molecule has 3 rings (SSSR count). The number of allylic oxidation sites excluding steroid dienone is 1. The highest BCUT2D eigenvalue weighted by molar-refractivity contribution is 7.89. The van der Waals surface area contributed by atoms with Crippen LogP contribution < -0.4 is 10.6 Å². The van der Waals surface area contributed by atoms with E-state index in [1.54, 1.807) is 13.0 Å². The number of hydrogen-bond acceptors (Lipinski definition) is 4. The fraction of sp³-hybridized carbons (Fsp3) is 0.565. The summed E-state index contributed by atoms with van der Waals surface area (Å²) < 4.78 is 27.9. The van der Waals surface area contributed by atoms with Gasteiger partial charge in [0.2, 0.25) is 10.0 Å². The van der Waals surface area contributed by atoms with E-state index in [-0.39, 0.29) is 12.6 Å². The number of nitrogens with one attached hydrogen (secondary N) is 2. The Morgan fingerprint density at radius 2 is 1.87 bits per heavy atom. The molecule has 1 aliphatic carbocycles. The van der Waals surface area contributed by atoms with Crippen LogP contribution in [0.25, 0.3) is 0 Å². The predicted molar refractivity (Wildman–Crippen MR) is 120 cm³/mol. The third-order valence-electron chi connectivity index (χ3n) is 6.07. The highest BCUT2D eigenvalue weighted by Crippen LogP contribution is 2.28. The molecule has 0 radical (unpaired) electrons. The number of rotatable bonds is 7. The Morgan fingerprint density at radius 1 is 1.10 bits per heavy atom. The number of benzene rings is 1. The van der Waals surface area contributed by atoms with E-state index in [0.29, 0.717) is 30.0 Å². The highest BCUT2D eigenvalue weighted by Gasteiger charge is 2.36. The quantitative estimate of drug-likeness (QED) is 0.496. The summed E-state index contributed by atoms with van der Waals surface area (Å²) in [5.74, 6) is -1.38. The van der Waals surface area contributed by atoms with Crippen molar-refractivity contribution in [1.29, 1.82) is 0 Å². The summed E-state index contributed by atoms with van der Waals surface area (Å²) in [6, 6.07) is 5.03. The first-order valence-electron chi connectivity index (χ1n) is 11.1. The summed E-state index contributed by atoms with van der Waals surface area (Å²) in [6.45, 7) is 4.63. The fourth-order valence-electron chi connectivity index (χ4n) is 4.28. The van der Waals surface area contributed by atoms with Gasteiger partial charge in [0, 0.05) is 25.7 Å². The first-order valence-corrected chi connectivity index (χ1v) is 12.6. The summed E-state index contributed by atoms with van der Waals surface area (Å²) in [5.41, 5.74) is 2.92. The second-order valence-electron chi connectivity index (χ2n) is 8.50. The molecule has 1 saturated heterocycles. The molecule has 1 heterocycles. The van der Waals surface area contributed by atoms with E-state index in [4.69, 9.17) is 0 Å². The molecule has 2 aliphatic rings. The Kier molecular flexibility index (Phi) is 7.89. The first kappa shape index (κ1) is 23.5. The number of carbonyl (C=O) groups is 2. The minimum absolute atomic E-state index is 0.126. The first-order chi connectivity index (χ1) is 14.8. The molecule has 0 bridgehead atoms. The summed E-state index contributed by atoms with van der Waals surface area (Å²) in [6.07, 6.45) is 8.93. The molecule has 1 atom stereocenters. The predicted octanol–water partition coefficient (Wildman–Crippen LogP) is 2.58. The largest absolute Gasteiger partial charge is 0.348 e. The average molecular weight is 448 g/mol. The highest BCUT2D eigenvalue weighted by atomic mass is 32.2. The average Bonchev–Trinajstić information content (AvgIpc) is 3.24. The summed E-state index contributed by atoms with van der Waals surface area (Å²) in [7, 11) is -3.66. The second kappa shape index (κ2) is 10.4. The Balaban J connectivity index is 1.53. The molecule has 0 saturated carbocycles. The van der Waals surface area contributed by atoms with Gasteiger partial charge in [0.25, 0.3) is 0 Å². The van der Waals surface area contributed by atoms with Crippen molar-refractivity contribution in [3.8, 4) is 0 Å². The van der Waals surface area contributed by atoms with Crippen LogP contribution in [0.2, 0.25) is 0 Å². The van der Waals surface area contributed by atoms with Crippen molar-refractivity contribution < 1.29 is 18.0 Å². The minimum Gasteiger partial charge on any atom is -0.348 e. The van der Waals surface area contributed by atoms with Crippen LogP contribution in [0.5, 0.6) is 0 Å². The molecular formula is C23H33N3O4S. The molecule has 2 N–H and O–H groups in total. The summed E-state index contributed by atoms with van der Waals surface area (Å²) >= 11 is 0. The van der Waals surface area contributed by atoms with Crippen molar-refractivity contribution in [3.63, 3.8) is 0 Å². The third-order valence-corrected chi connectivity index (χ3v) is 8.17. The van der Waals surface area contributed by atoms with Gasteiger partial charge < -0.3 is 10.6 Å². The van der Waals surface area contributed by atoms with Crippen molar-refractivity contribution in [2.45, 2.75) is 69.7 Å². The van der Waals surface area contributed by atoms with Gasteiger partial charge in [-0.1, -0.05) is 23.8 Å². The molecule has 170 valence electrons. The van der Waals surface area contributed by atoms with Crippen LogP contribution in [0.1, 0.15) is 56.1 Å². The normalized spacial score (nSPS) is 19.7. The van der Waals surface area contributed by atoms with Crippen LogP contribution in [0.15, 0.2) is 34.7 Å². The lowest BCUT2D eigenvalue weighted by Crippen LogP contribution is -2.47. The minimum atomic E-state index is -3.66. The monoisotopic (exact) mass is 447 g/mol. The number of sulfonamides is 1. The molecular weight excluding hydrogens is 414 g/mol. The number of carbonyl (C=O) groups excluding carboxylic acids is 2. The zero-order valence-electron chi connectivity index (χ0n) is 18.4. The fourth-order valence-corrected chi connectivity index (χ4v) is 6.28. The van der Waals surface area contributed by atoms with E-state index >= 15 is 0 Å². The lowest BCUT2D eigenvalue weighted by atomic mass is 9.97. The van der Waals surface area contributed by atoms with Crippen molar-refractivity contribution in [2.24, 2.45) is 0 Å². The van der Waals surface area contributed by atoms with E-state index in [0.717, 1.165) is 31.2 Å². The molecule has 1 aromatic rings. The third kappa shape index (κ3) is 5.95. The summed E-state index contributed by atoms with van der Waals surface area (Å²) in [4.78, 5) is 24.6. The Morgan fingerprint density at radius 3 is 2.61 bits per heavy atom. The van der Waals surface area contributed by atoms with E-state index in [2.05, 4.69) is 16.7 Å². The molecule has 1 aliphatic heterocycles. The topological polar surface area (TPSA) is 95.6 Å². The van der Waals surface area contributed by atoms with Crippen molar-refractivity contribution in [1.82, 2.24) is 14.9 Å². The van der Waals surface area contributed by atoms with E-state index in [9.17, 15) is 18.0 Å². The molecule has 0 unspecified atom stereocenters. The SMILES string of the molecule is Cc1ccc(C)c(S(=O)(=O)N2CCC[C@@H]2CNC(=O)C(=O)NCCC2=CCCCC2)c1. The molecule has 7 nitrogen and oxygen atoms in total. The van der Waals surface area contributed by atoms with Crippen molar-refractivity contribution in [3.05, 3.63) is 41.0 Å². The van der Waals surface area contributed by atoms with Crippen LogP contribution in [-0.2, 0) is 19.6 Å². The van der Waals surface area contributed by atoms with Crippen LogP contribution >= 0.6 is 0 Å². The lowest BCUT2D eigenvalue weighted by molar-refractivity contribution is -0.139. The maximum Gasteiger partial charge on any atom is 0.309 e. The maximum atomic E-state index is 13.2. The number of aryl methyl sites for hydroxylation is 2. The number of amides is 2.